The molecule has 0 aromatic heterocycles. The zero-order valence-electron chi connectivity index (χ0n) is 18.7. The fraction of sp³-hybridized carbons (Fsp3) is 0.696. The number of sulfonamides is 1. The molecule has 2 aliphatic rings. The predicted molar refractivity (Wildman–Crippen MR) is 123 cm³/mol. The van der Waals surface area contributed by atoms with E-state index in [1.807, 2.05) is 12.1 Å². The quantitative estimate of drug-likeness (QED) is 0.708. The molecule has 2 fully saturated rings. The monoisotopic (exact) mass is 435 g/mol. The van der Waals surface area contributed by atoms with Crippen molar-refractivity contribution in [1.29, 1.82) is 0 Å². The molecular formula is C23H37N3O3S. The van der Waals surface area contributed by atoms with Gasteiger partial charge in [0.1, 0.15) is 0 Å². The molecule has 168 valence electrons. The van der Waals surface area contributed by atoms with Gasteiger partial charge in [-0.25, -0.2) is 13.1 Å². The third kappa shape index (κ3) is 5.97. The van der Waals surface area contributed by atoms with Gasteiger partial charge in [0, 0.05) is 36.4 Å². The van der Waals surface area contributed by atoms with E-state index < -0.39 is 15.3 Å². The van der Waals surface area contributed by atoms with Gasteiger partial charge in [-0.05, 0) is 82.1 Å². The molecule has 1 aromatic carbocycles. The van der Waals surface area contributed by atoms with E-state index in [1.54, 1.807) is 13.8 Å². The molecule has 1 amide bonds. The lowest BCUT2D eigenvalue weighted by molar-refractivity contribution is -0.120. The fourth-order valence-electron chi connectivity index (χ4n) is 4.72. The normalized spacial score (nSPS) is 27.8. The summed E-state index contributed by atoms with van der Waals surface area (Å²) in [4.78, 5) is 15.1. The SMILES string of the molecule is CC1CC(C)CN(c2ccc(NC(=O)C3CCC(NS(=O)(=O)C(C)C)CC3)cc2)C1. The van der Waals surface area contributed by atoms with Crippen molar-refractivity contribution in [2.24, 2.45) is 17.8 Å². The average molecular weight is 436 g/mol. The zero-order chi connectivity index (χ0) is 21.9. The summed E-state index contributed by atoms with van der Waals surface area (Å²) in [5.74, 6) is 1.38. The number of carbonyl (C=O) groups excluding carboxylic acids is 1. The summed E-state index contributed by atoms with van der Waals surface area (Å²) < 4.78 is 26.9. The van der Waals surface area contributed by atoms with Crippen LogP contribution in [0.5, 0.6) is 0 Å². The van der Waals surface area contributed by atoms with Gasteiger partial charge in [0.15, 0.2) is 0 Å². The first-order valence-electron chi connectivity index (χ1n) is 11.3. The number of piperidine rings is 1. The number of amides is 1. The van der Waals surface area contributed by atoms with Crippen molar-refractivity contribution in [3.8, 4) is 0 Å². The Morgan fingerprint density at radius 2 is 1.57 bits per heavy atom. The number of benzene rings is 1. The smallest absolute Gasteiger partial charge is 0.227 e. The van der Waals surface area contributed by atoms with E-state index in [0.717, 1.165) is 18.8 Å². The first kappa shape index (κ1) is 23.1. The minimum absolute atomic E-state index is 0.0353. The van der Waals surface area contributed by atoms with Crippen molar-refractivity contribution in [2.75, 3.05) is 23.3 Å². The second kappa shape index (κ2) is 9.69. The highest BCUT2D eigenvalue weighted by molar-refractivity contribution is 7.90. The van der Waals surface area contributed by atoms with Crippen LogP contribution >= 0.6 is 0 Å². The van der Waals surface area contributed by atoms with Gasteiger partial charge in [0.2, 0.25) is 15.9 Å². The number of nitrogens with one attached hydrogen (secondary N) is 2. The molecule has 2 N–H and O–H groups in total. The van der Waals surface area contributed by atoms with Gasteiger partial charge in [-0.15, -0.1) is 0 Å². The van der Waals surface area contributed by atoms with Crippen molar-refractivity contribution < 1.29 is 13.2 Å². The van der Waals surface area contributed by atoms with Gasteiger partial charge < -0.3 is 10.2 Å². The maximum Gasteiger partial charge on any atom is 0.227 e. The topological polar surface area (TPSA) is 78.5 Å². The lowest BCUT2D eigenvalue weighted by Gasteiger charge is -2.36. The maximum atomic E-state index is 12.7. The third-order valence-electron chi connectivity index (χ3n) is 6.42. The van der Waals surface area contributed by atoms with Crippen LogP contribution in [0.4, 0.5) is 11.4 Å². The summed E-state index contributed by atoms with van der Waals surface area (Å²) in [7, 11) is -3.26. The molecule has 2 atom stereocenters. The van der Waals surface area contributed by atoms with Gasteiger partial charge in [-0.1, -0.05) is 13.8 Å². The Kier molecular flexibility index (Phi) is 7.45. The molecule has 1 aliphatic carbocycles. The Hall–Kier alpha value is -1.60. The van der Waals surface area contributed by atoms with Crippen LogP contribution in [0, 0.1) is 17.8 Å². The second-order valence-electron chi connectivity index (χ2n) is 9.65. The first-order chi connectivity index (χ1) is 14.1. The molecule has 3 rings (SSSR count). The molecule has 1 heterocycles. The Balaban J connectivity index is 1.50. The summed E-state index contributed by atoms with van der Waals surface area (Å²) in [6.45, 7) is 10.1. The summed E-state index contributed by atoms with van der Waals surface area (Å²) >= 11 is 0. The Morgan fingerprint density at radius 1 is 1.00 bits per heavy atom. The van der Waals surface area contributed by atoms with Crippen LogP contribution < -0.4 is 14.9 Å². The number of rotatable bonds is 6. The van der Waals surface area contributed by atoms with E-state index in [0.29, 0.717) is 37.5 Å². The third-order valence-corrected chi connectivity index (χ3v) is 8.32. The largest absolute Gasteiger partial charge is 0.371 e. The molecular weight excluding hydrogens is 398 g/mol. The van der Waals surface area contributed by atoms with Crippen LogP contribution in [0.2, 0.25) is 0 Å². The molecule has 7 heteroatoms. The molecule has 30 heavy (non-hydrogen) atoms. The van der Waals surface area contributed by atoms with Gasteiger partial charge in [-0.2, -0.15) is 0 Å². The second-order valence-corrected chi connectivity index (χ2v) is 11.9. The van der Waals surface area contributed by atoms with E-state index in [9.17, 15) is 13.2 Å². The highest BCUT2D eigenvalue weighted by Crippen LogP contribution is 2.29. The Bertz CT molecular complexity index is 805. The molecule has 0 bridgehead atoms. The molecule has 2 unspecified atom stereocenters. The standard InChI is InChI=1S/C23H37N3O3S/c1-16(2)30(28,29)25-21-7-5-19(6-8-21)23(27)24-20-9-11-22(12-10-20)26-14-17(3)13-18(4)15-26/h9-12,16-19,21,25H,5-8,13-15H2,1-4H3,(H,24,27). The predicted octanol–water partition coefficient (Wildman–Crippen LogP) is 3.99. The fourth-order valence-corrected chi connectivity index (χ4v) is 5.69. The van der Waals surface area contributed by atoms with Crippen LogP contribution in [0.1, 0.15) is 59.8 Å². The summed E-state index contributed by atoms with van der Waals surface area (Å²) in [5.41, 5.74) is 2.04. The minimum Gasteiger partial charge on any atom is -0.371 e. The minimum atomic E-state index is -3.26. The van der Waals surface area contributed by atoms with Crippen LogP contribution in [0.15, 0.2) is 24.3 Å². The first-order valence-corrected chi connectivity index (χ1v) is 12.9. The Morgan fingerprint density at radius 3 is 2.10 bits per heavy atom. The van der Waals surface area contributed by atoms with Crippen LogP contribution in [0.25, 0.3) is 0 Å². The molecule has 6 nitrogen and oxygen atoms in total. The lowest BCUT2D eigenvalue weighted by atomic mass is 9.86. The van der Waals surface area contributed by atoms with E-state index in [4.69, 9.17) is 0 Å². The number of hydrogen-bond donors (Lipinski definition) is 2. The van der Waals surface area contributed by atoms with Gasteiger partial charge in [0.05, 0.1) is 5.25 Å². The number of carbonyl (C=O) groups is 1. The van der Waals surface area contributed by atoms with E-state index in [1.165, 1.54) is 12.1 Å². The van der Waals surface area contributed by atoms with Gasteiger partial charge in [-0.3, -0.25) is 4.79 Å². The summed E-state index contributed by atoms with van der Waals surface area (Å²) in [6, 6.07) is 8.10. The van der Waals surface area contributed by atoms with E-state index in [-0.39, 0.29) is 17.9 Å². The molecule has 1 saturated heterocycles. The molecule has 0 spiro atoms. The average Bonchev–Trinajstić information content (AvgIpc) is 2.68. The molecule has 0 radical (unpaired) electrons. The highest BCUT2D eigenvalue weighted by Gasteiger charge is 2.29. The highest BCUT2D eigenvalue weighted by atomic mass is 32.2. The molecule has 1 aromatic rings. The van der Waals surface area contributed by atoms with Crippen molar-refractivity contribution in [1.82, 2.24) is 4.72 Å². The number of nitrogens with zero attached hydrogens (tertiary/aromatic N) is 1. The van der Waals surface area contributed by atoms with Gasteiger partial charge in [0.25, 0.3) is 0 Å². The zero-order valence-corrected chi connectivity index (χ0v) is 19.5. The van der Waals surface area contributed by atoms with E-state index >= 15 is 0 Å². The van der Waals surface area contributed by atoms with Crippen LogP contribution in [0.3, 0.4) is 0 Å². The number of hydrogen-bond acceptors (Lipinski definition) is 4. The van der Waals surface area contributed by atoms with Crippen molar-refractivity contribution >= 4 is 27.3 Å². The molecule has 1 saturated carbocycles. The van der Waals surface area contributed by atoms with Crippen molar-refractivity contribution in [3.05, 3.63) is 24.3 Å². The van der Waals surface area contributed by atoms with Crippen LogP contribution in [-0.4, -0.2) is 38.7 Å². The Labute approximate surface area is 181 Å². The lowest BCUT2D eigenvalue weighted by Crippen LogP contribution is -2.42. The molecule has 1 aliphatic heterocycles. The van der Waals surface area contributed by atoms with Crippen molar-refractivity contribution in [3.63, 3.8) is 0 Å². The van der Waals surface area contributed by atoms with Crippen molar-refractivity contribution in [2.45, 2.75) is 71.1 Å². The summed E-state index contributed by atoms with van der Waals surface area (Å²) in [5, 5.41) is 2.61. The summed E-state index contributed by atoms with van der Waals surface area (Å²) in [6.07, 6.45) is 4.10. The van der Waals surface area contributed by atoms with Crippen LogP contribution in [-0.2, 0) is 14.8 Å². The maximum absolute atomic E-state index is 12.7. The van der Waals surface area contributed by atoms with E-state index in [2.05, 4.69) is 40.9 Å². The van der Waals surface area contributed by atoms with Gasteiger partial charge >= 0.3 is 0 Å². The number of anilines is 2.